The minimum Gasteiger partial charge on any atom is -0.456 e. The summed E-state index contributed by atoms with van der Waals surface area (Å²) in [5.41, 5.74) is 3.19. The van der Waals surface area contributed by atoms with Crippen molar-refractivity contribution >= 4 is 56.8 Å². The molecule has 0 aliphatic rings. The van der Waals surface area contributed by atoms with E-state index in [0.29, 0.717) is 0 Å². The van der Waals surface area contributed by atoms with Crippen LogP contribution in [0.2, 0.25) is 0 Å². The molecule has 0 aliphatic carbocycles. The van der Waals surface area contributed by atoms with Gasteiger partial charge in [0.2, 0.25) is 0 Å². The molecule has 4 aromatic carbocycles. The summed E-state index contributed by atoms with van der Waals surface area (Å²) in [6, 6.07) is 23.6. The molecule has 0 saturated carbocycles. The number of hydrogen-bond acceptors (Lipinski definition) is 1. The minimum absolute atomic E-state index is 0.965. The summed E-state index contributed by atoms with van der Waals surface area (Å²) in [7, 11) is 2.14. The number of furan rings is 1. The summed E-state index contributed by atoms with van der Waals surface area (Å²) in [6.45, 7) is 0. The Bertz CT molecular complexity index is 1180. The van der Waals surface area contributed by atoms with E-state index in [-0.39, 0.29) is 0 Å². The van der Waals surface area contributed by atoms with E-state index in [1.807, 2.05) is 6.07 Å². The van der Waals surface area contributed by atoms with E-state index < -0.39 is 0 Å². The highest BCUT2D eigenvalue weighted by molar-refractivity contribution is 6.41. The summed E-state index contributed by atoms with van der Waals surface area (Å²) in [5.74, 6) is 0. The molecule has 0 aliphatic heterocycles. The molecule has 0 bridgehead atoms. The maximum atomic E-state index is 6.05. The van der Waals surface area contributed by atoms with Crippen molar-refractivity contribution in [2.24, 2.45) is 0 Å². The number of fused-ring (bicyclic) bond motifs is 6. The van der Waals surface area contributed by atoms with E-state index >= 15 is 0 Å². The van der Waals surface area contributed by atoms with Crippen molar-refractivity contribution in [1.29, 1.82) is 0 Å². The van der Waals surface area contributed by atoms with Crippen LogP contribution in [-0.2, 0) is 0 Å². The van der Waals surface area contributed by atoms with Gasteiger partial charge in [0, 0.05) is 10.8 Å². The average Bonchev–Trinajstić information content (AvgIpc) is 2.91. The number of rotatable bonds is 0. The predicted octanol–water partition coefficient (Wildman–Crippen LogP) is 4.15. The lowest BCUT2D eigenvalue weighted by Gasteiger charge is -2.04. The van der Waals surface area contributed by atoms with Gasteiger partial charge in [-0.3, -0.25) is 0 Å². The first kappa shape index (κ1) is 11.9. The summed E-state index contributed by atoms with van der Waals surface area (Å²) in [4.78, 5) is 0. The molecular weight excluding hydrogens is 267 g/mol. The van der Waals surface area contributed by atoms with Gasteiger partial charge in [0.25, 0.3) is 0 Å². The van der Waals surface area contributed by atoms with E-state index in [0.717, 1.165) is 11.2 Å². The van der Waals surface area contributed by atoms with Crippen LogP contribution < -0.4 is 5.46 Å². The SMILES string of the molecule is Bc1cccc2oc3cc4ccc5ccccc5c4cc3c12. The zero-order valence-electron chi connectivity index (χ0n) is 12.3. The quantitative estimate of drug-likeness (QED) is 0.307. The Labute approximate surface area is 128 Å². The van der Waals surface area contributed by atoms with Crippen LogP contribution in [0, 0.1) is 0 Å². The monoisotopic (exact) mass is 280 g/mol. The Balaban J connectivity index is 2.06. The van der Waals surface area contributed by atoms with Crippen LogP contribution in [0.25, 0.3) is 43.5 Å². The molecule has 0 fully saturated rings. The van der Waals surface area contributed by atoms with Crippen LogP contribution in [0.5, 0.6) is 0 Å². The van der Waals surface area contributed by atoms with Crippen molar-refractivity contribution in [3.8, 4) is 0 Å². The van der Waals surface area contributed by atoms with Crippen molar-refractivity contribution in [2.75, 3.05) is 0 Å². The molecule has 0 saturated heterocycles. The standard InChI is InChI=1S/C20H13BO/c21-17-6-3-7-18-20(17)16-11-15-13(10-19(16)22-18)9-8-12-4-1-2-5-14(12)15/h1-11H,21H2. The lowest BCUT2D eigenvalue weighted by molar-refractivity contribution is 0.669. The van der Waals surface area contributed by atoms with Gasteiger partial charge in [0.15, 0.2) is 0 Å². The summed E-state index contributed by atoms with van der Waals surface area (Å²) in [5, 5.41) is 7.52. The fourth-order valence-electron chi connectivity index (χ4n) is 3.50. The van der Waals surface area contributed by atoms with Gasteiger partial charge in [0.05, 0.1) is 0 Å². The van der Waals surface area contributed by atoms with Gasteiger partial charge >= 0.3 is 0 Å². The molecule has 0 unspecified atom stereocenters. The molecule has 0 N–H and O–H groups in total. The van der Waals surface area contributed by atoms with Crippen LogP contribution in [0.3, 0.4) is 0 Å². The van der Waals surface area contributed by atoms with Gasteiger partial charge < -0.3 is 4.42 Å². The second-order valence-corrected chi connectivity index (χ2v) is 5.91. The Hall–Kier alpha value is -2.74. The van der Waals surface area contributed by atoms with E-state index in [1.165, 1.54) is 37.8 Å². The van der Waals surface area contributed by atoms with Crippen molar-refractivity contribution in [1.82, 2.24) is 0 Å². The molecule has 5 aromatic rings. The van der Waals surface area contributed by atoms with E-state index in [2.05, 4.69) is 68.5 Å². The predicted molar refractivity (Wildman–Crippen MR) is 96.9 cm³/mol. The zero-order chi connectivity index (χ0) is 14.7. The fourth-order valence-corrected chi connectivity index (χ4v) is 3.50. The lowest BCUT2D eigenvalue weighted by atomic mass is 9.90. The van der Waals surface area contributed by atoms with Crippen molar-refractivity contribution in [3.05, 3.63) is 66.7 Å². The van der Waals surface area contributed by atoms with Gasteiger partial charge in [-0.25, -0.2) is 0 Å². The average molecular weight is 280 g/mol. The first-order valence-electron chi connectivity index (χ1n) is 7.54. The van der Waals surface area contributed by atoms with Gasteiger partial charge in [-0.15, -0.1) is 0 Å². The van der Waals surface area contributed by atoms with Crippen molar-refractivity contribution < 1.29 is 4.42 Å². The van der Waals surface area contributed by atoms with E-state index in [1.54, 1.807) is 0 Å². The van der Waals surface area contributed by atoms with Crippen LogP contribution in [-0.4, -0.2) is 7.85 Å². The Morgan fingerprint density at radius 2 is 1.50 bits per heavy atom. The molecule has 1 aromatic heterocycles. The molecule has 0 spiro atoms. The maximum Gasteiger partial charge on any atom is 0.140 e. The largest absolute Gasteiger partial charge is 0.456 e. The third-order valence-electron chi connectivity index (χ3n) is 4.57. The maximum absolute atomic E-state index is 6.05. The van der Waals surface area contributed by atoms with Crippen LogP contribution >= 0.6 is 0 Å². The summed E-state index contributed by atoms with van der Waals surface area (Å²) in [6.07, 6.45) is 0. The second kappa shape index (κ2) is 4.14. The van der Waals surface area contributed by atoms with E-state index in [9.17, 15) is 0 Å². The molecule has 2 heteroatoms. The normalized spacial score (nSPS) is 11.8. The Morgan fingerprint density at radius 1 is 0.636 bits per heavy atom. The first-order valence-corrected chi connectivity index (χ1v) is 7.54. The third kappa shape index (κ3) is 1.50. The summed E-state index contributed by atoms with van der Waals surface area (Å²) >= 11 is 0. The highest BCUT2D eigenvalue weighted by atomic mass is 16.3. The molecule has 102 valence electrons. The molecule has 22 heavy (non-hydrogen) atoms. The lowest BCUT2D eigenvalue weighted by Crippen LogP contribution is -2.01. The van der Waals surface area contributed by atoms with Crippen LogP contribution in [0.1, 0.15) is 0 Å². The summed E-state index contributed by atoms with van der Waals surface area (Å²) < 4.78 is 6.05. The van der Waals surface area contributed by atoms with Gasteiger partial charge in [-0.2, -0.15) is 0 Å². The Morgan fingerprint density at radius 3 is 2.45 bits per heavy atom. The van der Waals surface area contributed by atoms with Crippen LogP contribution in [0.15, 0.2) is 71.1 Å². The molecule has 1 nitrogen and oxygen atoms in total. The topological polar surface area (TPSA) is 13.1 Å². The van der Waals surface area contributed by atoms with E-state index in [4.69, 9.17) is 4.42 Å². The van der Waals surface area contributed by atoms with Crippen LogP contribution in [0.4, 0.5) is 0 Å². The zero-order valence-corrected chi connectivity index (χ0v) is 12.3. The second-order valence-electron chi connectivity index (χ2n) is 5.91. The van der Waals surface area contributed by atoms with Gasteiger partial charge in [-0.1, -0.05) is 54.0 Å². The molecule has 5 rings (SSSR count). The first-order chi connectivity index (χ1) is 10.8. The molecule has 0 atom stereocenters. The van der Waals surface area contributed by atoms with Crippen molar-refractivity contribution in [2.45, 2.75) is 0 Å². The number of hydrogen-bond donors (Lipinski definition) is 0. The third-order valence-corrected chi connectivity index (χ3v) is 4.57. The highest BCUT2D eigenvalue weighted by Crippen LogP contribution is 2.34. The smallest absolute Gasteiger partial charge is 0.140 e. The molecule has 0 radical (unpaired) electrons. The minimum atomic E-state index is 0.965. The molecular formula is C20H13BO. The highest BCUT2D eigenvalue weighted by Gasteiger charge is 2.11. The number of benzene rings is 4. The van der Waals surface area contributed by atoms with Gasteiger partial charge in [0.1, 0.15) is 19.0 Å². The van der Waals surface area contributed by atoms with Crippen molar-refractivity contribution in [3.63, 3.8) is 0 Å². The molecule has 0 amide bonds. The Kier molecular flexibility index (Phi) is 2.23. The fraction of sp³-hybridized carbons (Fsp3) is 0. The van der Waals surface area contributed by atoms with Gasteiger partial charge in [-0.05, 0) is 39.7 Å². The molecule has 1 heterocycles.